The zero-order valence-corrected chi connectivity index (χ0v) is 20.5. The molecule has 12 nitrogen and oxygen atoms in total. The molecule has 0 aromatic heterocycles. The van der Waals surface area contributed by atoms with Gasteiger partial charge in [0, 0.05) is 6.42 Å². The Morgan fingerprint density at radius 3 is 1.88 bits per heavy atom. The minimum absolute atomic E-state index is 0.184. The van der Waals surface area contributed by atoms with E-state index in [4.69, 9.17) is 16.6 Å². The summed E-state index contributed by atoms with van der Waals surface area (Å²) in [6.07, 6.45) is 1.20. The van der Waals surface area contributed by atoms with Crippen LogP contribution in [0.5, 0.6) is 0 Å². The Morgan fingerprint density at radius 2 is 1.41 bits per heavy atom. The van der Waals surface area contributed by atoms with Crippen molar-refractivity contribution in [2.75, 3.05) is 6.54 Å². The molecule has 196 valence electrons. The molecule has 9 N–H and O–H groups in total. The van der Waals surface area contributed by atoms with Crippen molar-refractivity contribution in [2.24, 2.45) is 23.3 Å². The first-order valence-electron chi connectivity index (χ1n) is 11.7. The first-order chi connectivity index (χ1) is 15.8. The van der Waals surface area contributed by atoms with Crippen molar-refractivity contribution in [3.8, 4) is 0 Å². The molecule has 0 radical (unpaired) electrons. The SMILES string of the molecule is CCC(C)C(NC(=O)C(CCC(=O)O)NC(=O)C(N)C(C)C)C(=O)NC(CCCCN)C(=O)O. The third kappa shape index (κ3) is 11.4. The zero-order chi connectivity index (χ0) is 26.4. The van der Waals surface area contributed by atoms with Crippen LogP contribution in [0.4, 0.5) is 0 Å². The molecular weight excluding hydrogens is 446 g/mol. The monoisotopic (exact) mass is 487 g/mol. The Morgan fingerprint density at radius 1 is 0.824 bits per heavy atom. The number of carboxylic acid groups (broad SMARTS) is 2. The van der Waals surface area contributed by atoms with Gasteiger partial charge < -0.3 is 37.6 Å². The number of carbonyl (C=O) groups excluding carboxylic acids is 3. The summed E-state index contributed by atoms with van der Waals surface area (Å²) in [5, 5.41) is 26.0. The number of hydrogen-bond donors (Lipinski definition) is 7. The summed E-state index contributed by atoms with van der Waals surface area (Å²) in [4.78, 5) is 60.9. The Balaban J connectivity index is 5.57. The van der Waals surface area contributed by atoms with E-state index in [2.05, 4.69) is 16.0 Å². The van der Waals surface area contributed by atoms with E-state index in [0.717, 1.165) is 0 Å². The largest absolute Gasteiger partial charge is 0.481 e. The topological polar surface area (TPSA) is 214 Å². The van der Waals surface area contributed by atoms with E-state index in [-0.39, 0.29) is 24.7 Å². The Kier molecular flexibility index (Phi) is 14.7. The van der Waals surface area contributed by atoms with Gasteiger partial charge in [-0.05, 0) is 44.1 Å². The normalized spacial score (nSPS) is 15.5. The lowest BCUT2D eigenvalue weighted by Gasteiger charge is -2.28. The molecule has 0 aliphatic carbocycles. The lowest BCUT2D eigenvalue weighted by molar-refractivity contribution is -0.143. The Bertz CT molecular complexity index is 701. The maximum Gasteiger partial charge on any atom is 0.326 e. The van der Waals surface area contributed by atoms with Gasteiger partial charge in [-0.25, -0.2) is 4.79 Å². The molecule has 0 saturated carbocycles. The van der Waals surface area contributed by atoms with Gasteiger partial charge in [-0.3, -0.25) is 19.2 Å². The second kappa shape index (κ2) is 16.0. The van der Waals surface area contributed by atoms with Gasteiger partial charge in [0.15, 0.2) is 0 Å². The third-order valence-corrected chi connectivity index (χ3v) is 5.66. The summed E-state index contributed by atoms with van der Waals surface area (Å²) >= 11 is 0. The predicted octanol–water partition coefficient (Wildman–Crippen LogP) is -0.451. The maximum atomic E-state index is 13.0. The standard InChI is InChI=1S/C22H41N5O7/c1-5-13(4)18(21(32)26-15(22(33)34)8-6-7-11-23)27-19(30)14(9-10-16(28)29)25-20(31)17(24)12(2)3/h12-15,17-18H,5-11,23-24H2,1-4H3,(H,25,31)(H,26,32)(H,27,30)(H,28,29)(H,33,34). The second-order valence-electron chi connectivity index (χ2n) is 8.82. The molecule has 5 atom stereocenters. The van der Waals surface area contributed by atoms with Gasteiger partial charge in [0.1, 0.15) is 18.1 Å². The molecule has 0 heterocycles. The van der Waals surface area contributed by atoms with Crippen LogP contribution in [0.15, 0.2) is 0 Å². The molecule has 3 amide bonds. The van der Waals surface area contributed by atoms with E-state index < -0.39 is 60.2 Å². The number of carbonyl (C=O) groups is 5. The van der Waals surface area contributed by atoms with Crippen LogP contribution >= 0.6 is 0 Å². The van der Waals surface area contributed by atoms with Crippen molar-refractivity contribution in [1.29, 1.82) is 0 Å². The number of carboxylic acids is 2. The average molecular weight is 488 g/mol. The average Bonchev–Trinajstić information content (AvgIpc) is 2.77. The first kappa shape index (κ1) is 31.3. The molecule has 0 aromatic carbocycles. The summed E-state index contributed by atoms with van der Waals surface area (Å²) in [5.41, 5.74) is 11.3. The highest BCUT2D eigenvalue weighted by Gasteiger charge is 2.33. The van der Waals surface area contributed by atoms with Gasteiger partial charge >= 0.3 is 11.9 Å². The summed E-state index contributed by atoms with van der Waals surface area (Å²) in [6.45, 7) is 7.38. The highest BCUT2D eigenvalue weighted by atomic mass is 16.4. The Hall–Kier alpha value is -2.73. The maximum absolute atomic E-state index is 13.0. The van der Waals surface area contributed by atoms with Crippen molar-refractivity contribution in [3.05, 3.63) is 0 Å². The van der Waals surface area contributed by atoms with Crippen LogP contribution in [-0.4, -0.2) is 70.6 Å². The van der Waals surface area contributed by atoms with E-state index in [1.54, 1.807) is 27.7 Å². The second-order valence-corrected chi connectivity index (χ2v) is 8.82. The summed E-state index contributed by atoms with van der Waals surface area (Å²) in [6, 6.07) is -4.36. The van der Waals surface area contributed by atoms with Gasteiger partial charge in [0.05, 0.1) is 6.04 Å². The summed E-state index contributed by atoms with van der Waals surface area (Å²) < 4.78 is 0. The molecule has 34 heavy (non-hydrogen) atoms. The lowest BCUT2D eigenvalue weighted by Crippen LogP contribution is -2.59. The van der Waals surface area contributed by atoms with Crippen molar-refractivity contribution < 1.29 is 34.2 Å². The molecule has 0 aromatic rings. The quantitative estimate of drug-likeness (QED) is 0.132. The number of amides is 3. The molecular formula is C22H41N5O7. The molecule has 12 heteroatoms. The smallest absolute Gasteiger partial charge is 0.326 e. The van der Waals surface area contributed by atoms with Gasteiger partial charge in [-0.15, -0.1) is 0 Å². The highest BCUT2D eigenvalue weighted by molar-refractivity contribution is 5.94. The molecule has 0 rings (SSSR count). The highest BCUT2D eigenvalue weighted by Crippen LogP contribution is 2.11. The van der Waals surface area contributed by atoms with Crippen LogP contribution in [0.1, 0.15) is 66.2 Å². The number of nitrogens with one attached hydrogen (secondary N) is 3. The fraction of sp³-hybridized carbons (Fsp3) is 0.773. The molecule has 0 fully saturated rings. The van der Waals surface area contributed by atoms with Gasteiger partial charge in [-0.1, -0.05) is 34.1 Å². The number of rotatable bonds is 17. The van der Waals surface area contributed by atoms with Crippen LogP contribution in [0, 0.1) is 11.8 Å². The molecule has 0 saturated heterocycles. The van der Waals surface area contributed by atoms with Crippen LogP contribution in [0.25, 0.3) is 0 Å². The van der Waals surface area contributed by atoms with E-state index >= 15 is 0 Å². The molecule has 0 aliphatic heterocycles. The van der Waals surface area contributed by atoms with Crippen molar-refractivity contribution in [1.82, 2.24) is 16.0 Å². The van der Waals surface area contributed by atoms with E-state index in [1.165, 1.54) is 0 Å². The van der Waals surface area contributed by atoms with Crippen LogP contribution in [-0.2, 0) is 24.0 Å². The molecule has 5 unspecified atom stereocenters. The van der Waals surface area contributed by atoms with Crippen molar-refractivity contribution >= 4 is 29.7 Å². The van der Waals surface area contributed by atoms with Gasteiger partial charge in [-0.2, -0.15) is 0 Å². The van der Waals surface area contributed by atoms with Crippen LogP contribution < -0.4 is 27.4 Å². The van der Waals surface area contributed by atoms with Crippen LogP contribution in [0.2, 0.25) is 0 Å². The molecule has 0 spiro atoms. The third-order valence-electron chi connectivity index (χ3n) is 5.66. The van der Waals surface area contributed by atoms with Gasteiger partial charge in [0.25, 0.3) is 0 Å². The summed E-state index contributed by atoms with van der Waals surface area (Å²) in [5.74, 6) is -4.97. The van der Waals surface area contributed by atoms with Crippen LogP contribution in [0.3, 0.4) is 0 Å². The number of aliphatic carboxylic acids is 2. The van der Waals surface area contributed by atoms with E-state index in [1.807, 2.05) is 0 Å². The van der Waals surface area contributed by atoms with E-state index in [0.29, 0.717) is 25.8 Å². The number of hydrogen-bond acceptors (Lipinski definition) is 7. The number of unbranched alkanes of at least 4 members (excludes halogenated alkanes) is 1. The predicted molar refractivity (Wildman–Crippen MR) is 125 cm³/mol. The molecule has 0 bridgehead atoms. The Labute approximate surface area is 200 Å². The zero-order valence-electron chi connectivity index (χ0n) is 20.5. The van der Waals surface area contributed by atoms with E-state index in [9.17, 15) is 29.1 Å². The van der Waals surface area contributed by atoms with Crippen molar-refractivity contribution in [2.45, 2.75) is 90.4 Å². The minimum Gasteiger partial charge on any atom is -0.481 e. The minimum atomic E-state index is -1.23. The van der Waals surface area contributed by atoms with Crippen molar-refractivity contribution in [3.63, 3.8) is 0 Å². The lowest BCUT2D eigenvalue weighted by atomic mass is 9.96. The van der Waals surface area contributed by atoms with Gasteiger partial charge in [0.2, 0.25) is 17.7 Å². The first-order valence-corrected chi connectivity index (χ1v) is 11.7. The fourth-order valence-electron chi connectivity index (χ4n) is 3.07. The number of nitrogens with two attached hydrogens (primary N) is 2. The summed E-state index contributed by atoms with van der Waals surface area (Å²) in [7, 11) is 0. The fourth-order valence-corrected chi connectivity index (χ4v) is 3.07. The molecule has 0 aliphatic rings.